The van der Waals surface area contributed by atoms with Crippen molar-refractivity contribution in [1.82, 2.24) is 10.2 Å². The topological polar surface area (TPSA) is 82.7 Å². The van der Waals surface area contributed by atoms with Gasteiger partial charge >= 0.3 is 12.0 Å². The highest BCUT2D eigenvalue weighted by Crippen LogP contribution is 2.32. The monoisotopic (exact) mass is 480 g/mol. The van der Waals surface area contributed by atoms with Crippen molar-refractivity contribution in [2.45, 2.75) is 46.6 Å². The Labute approximate surface area is 206 Å². The quantitative estimate of drug-likeness (QED) is 0.356. The zero-order chi connectivity index (χ0) is 24.8. The summed E-state index contributed by atoms with van der Waals surface area (Å²) in [6, 6.07) is 14.3. The lowest BCUT2D eigenvalue weighted by molar-refractivity contribution is -0.139. The van der Waals surface area contributed by atoms with Crippen LogP contribution in [0.1, 0.15) is 57.7 Å². The predicted molar refractivity (Wildman–Crippen MR) is 140 cm³/mol. The second-order valence-corrected chi connectivity index (χ2v) is 8.71. The number of nitrogens with one attached hydrogen (secondary N) is 3. The Kier molecular flexibility index (Phi) is 8.28. The van der Waals surface area contributed by atoms with Gasteiger partial charge in [-0.25, -0.2) is 9.59 Å². The lowest BCUT2D eigenvalue weighted by atomic mass is 9.94. The van der Waals surface area contributed by atoms with Gasteiger partial charge in [-0.1, -0.05) is 38.1 Å². The summed E-state index contributed by atoms with van der Waals surface area (Å²) in [6.45, 7) is 10.8. The summed E-state index contributed by atoms with van der Waals surface area (Å²) in [6.07, 6.45) is 0. The number of amides is 2. The fraction of sp³-hybridized carbons (Fsp3) is 0.346. The standard InChI is InChI=1S/C26H32N4O3S/c1-6-30-17(5)22(24(31)33-7-2)23(29-26(30)34)19-9-8-10-21(15-19)28-25(32)27-20-13-11-18(12-14-20)16(3)4/h8-16,23H,6-7H2,1-5H3,(H,29,34)(H2,27,28,32). The van der Waals surface area contributed by atoms with Crippen LogP contribution < -0.4 is 16.0 Å². The van der Waals surface area contributed by atoms with Crippen LogP contribution in [0.5, 0.6) is 0 Å². The van der Waals surface area contributed by atoms with E-state index in [1.54, 1.807) is 13.0 Å². The van der Waals surface area contributed by atoms with Crippen molar-refractivity contribution in [2.75, 3.05) is 23.8 Å². The molecule has 1 atom stereocenters. The number of benzene rings is 2. The highest BCUT2D eigenvalue weighted by atomic mass is 32.1. The van der Waals surface area contributed by atoms with E-state index in [0.29, 0.717) is 34.5 Å². The van der Waals surface area contributed by atoms with Crippen molar-refractivity contribution in [2.24, 2.45) is 0 Å². The van der Waals surface area contributed by atoms with E-state index in [1.807, 2.05) is 61.2 Å². The highest BCUT2D eigenvalue weighted by Gasteiger charge is 2.34. The third-order valence-corrected chi connectivity index (χ3v) is 6.06. The second kappa shape index (κ2) is 11.2. The molecule has 0 spiro atoms. The molecule has 2 aromatic carbocycles. The number of carbonyl (C=O) groups is 2. The first kappa shape index (κ1) is 25.2. The van der Waals surface area contributed by atoms with Crippen molar-refractivity contribution >= 4 is 40.7 Å². The Hall–Kier alpha value is -3.39. The maximum absolute atomic E-state index is 12.8. The number of carbonyl (C=O) groups excluding carboxylic acids is 2. The summed E-state index contributed by atoms with van der Waals surface area (Å²) in [5, 5.41) is 9.52. The number of anilines is 2. The van der Waals surface area contributed by atoms with Crippen LogP contribution in [-0.4, -0.2) is 35.2 Å². The third-order valence-electron chi connectivity index (χ3n) is 5.72. The molecule has 0 saturated heterocycles. The van der Waals surface area contributed by atoms with E-state index >= 15 is 0 Å². The molecule has 0 radical (unpaired) electrons. The van der Waals surface area contributed by atoms with Gasteiger partial charge in [0.25, 0.3) is 0 Å². The molecule has 0 aliphatic carbocycles. The number of ether oxygens (including phenoxy) is 1. The molecule has 0 saturated carbocycles. The van der Waals surface area contributed by atoms with Crippen molar-refractivity contribution in [3.8, 4) is 0 Å². The maximum atomic E-state index is 12.8. The molecule has 0 bridgehead atoms. The first-order chi connectivity index (χ1) is 16.2. The highest BCUT2D eigenvalue weighted by molar-refractivity contribution is 7.80. The number of urea groups is 1. The van der Waals surface area contributed by atoms with Gasteiger partial charge in [-0.15, -0.1) is 0 Å². The molecule has 8 heteroatoms. The number of esters is 1. The van der Waals surface area contributed by atoms with Crippen molar-refractivity contribution in [3.05, 3.63) is 70.9 Å². The summed E-state index contributed by atoms with van der Waals surface area (Å²) < 4.78 is 5.33. The maximum Gasteiger partial charge on any atom is 0.338 e. The first-order valence-corrected chi connectivity index (χ1v) is 11.9. The molecule has 1 aliphatic rings. The Bertz CT molecular complexity index is 1100. The molecule has 2 amide bonds. The van der Waals surface area contributed by atoms with Gasteiger partial charge in [-0.05, 0) is 74.3 Å². The Morgan fingerprint density at radius 1 is 1.09 bits per heavy atom. The molecule has 7 nitrogen and oxygen atoms in total. The summed E-state index contributed by atoms with van der Waals surface area (Å²) in [4.78, 5) is 27.3. The molecule has 0 aromatic heterocycles. The fourth-order valence-electron chi connectivity index (χ4n) is 3.93. The SMILES string of the molecule is CCOC(=O)C1=C(C)N(CC)C(=S)NC1c1cccc(NC(=O)Nc2ccc(C(C)C)cc2)c1. The minimum atomic E-state index is -0.484. The molecule has 2 aromatic rings. The zero-order valence-corrected chi connectivity index (χ0v) is 21.1. The van der Waals surface area contributed by atoms with Gasteiger partial charge in [-0.2, -0.15) is 0 Å². The number of hydrogen-bond acceptors (Lipinski definition) is 4. The van der Waals surface area contributed by atoms with Gasteiger partial charge in [0.05, 0.1) is 18.2 Å². The van der Waals surface area contributed by atoms with Gasteiger partial charge in [0, 0.05) is 23.6 Å². The van der Waals surface area contributed by atoms with Crippen LogP contribution >= 0.6 is 12.2 Å². The summed E-state index contributed by atoms with van der Waals surface area (Å²) in [5.41, 5.74) is 4.57. The molecular formula is C26H32N4O3S. The van der Waals surface area contributed by atoms with E-state index in [2.05, 4.69) is 29.8 Å². The van der Waals surface area contributed by atoms with E-state index in [1.165, 1.54) is 5.56 Å². The molecule has 1 unspecified atom stereocenters. The lowest BCUT2D eigenvalue weighted by Crippen LogP contribution is -2.47. The molecule has 1 heterocycles. The predicted octanol–water partition coefficient (Wildman–Crippen LogP) is 5.54. The third kappa shape index (κ3) is 5.75. The molecule has 1 aliphatic heterocycles. The van der Waals surface area contributed by atoms with Crippen LogP contribution in [0.15, 0.2) is 59.8 Å². The van der Waals surface area contributed by atoms with Crippen molar-refractivity contribution in [1.29, 1.82) is 0 Å². The molecular weight excluding hydrogens is 448 g/mol. The average Bonchev–Trinajstić information content (AvgIpc) is 2.79. The van der Waals surface area contributed by atoms with Gasteiger partial charge in [-0.3, -0.25) is 0 Å². The van der Waals surface area contributed by atoms with Crippen LogP contribution in [0.3, 0.4) is 0 Å². The van der Waals surface area contributed by atoms with Crippen molar-refractivity contribution in [3.63, 3.8) is 0 Å². The molecule has 0 fully saturated rings. The number of hydrogen-bond donors (Lipinski definition) is 3. The number of thiocarbonyl (C=S) groups is 1. The van der Waals surface area contributed by atoms with Crippen LogP contribution in [0.25, 0.3) is 0 Å². The van der Waals surface area contributed by atoms with Crippen LogP contribution in [0.4, 0.5) is 16.2 Å². The van der Waals surface area contributed by atoms with E-state index < -0.39 is 6.04 Å². The summed E-state index contributed by atoms with van der Waals surface area (Å²) >= 11 is 5.53. The zero-order valence-electron chi connectivity index (χ0n) is 20.3. The smallest absolute Gasteiger partial charge is 0.338 e. The average molecular weight is 481 g/mol. The molecule has 180 valence electrons. The second-order valence-electron chi connectivity index (χ2n) is 8.33. The minimum Gasteiger partial charge on any atom is -0.463 e. The van der Waals surface area contributed by atoms with E-state index in [-0.39, 0.29) is 18.6 Å². The van der Waals surface area contributed by atoms with E-state index in [4.69, 9.17) is 17.0 Å². The molecule has 3 N–H and O–H groups in total. The van der Waals surface area contributed by atoms with Crippen LogP contribution in [0, 0.1) is 0 Å². The Balaban J connectivity index is 1.81. The first-order valence-electron chi connectivity index (χ1n) is 11.5. The van der Waals surface area contributed by atoms with Gasteiger partial charge in [0.1, 0.15) is 0 Å². The van der Waals surface area contributed by atoms with E-state index in [0.717, 1.165) is 11.3 Å². The van der Waals surface area contributed by atoms with Crippen LogP contribution in [-0.2, 0) is 9.53 Å². The lowest BCUT2D eigenvalue weighted by Gasteiger charge is -2.37. The summed E-state index contributed by atoms with van der Waals surface area (Å²) in [5.74, 6) is 0.0351. The van der Waals surface area contributed by atoms with Gasteiger partial charge in [0.2, 0.25) is 0 Å². The number of rotatable bonds is 7. The normalized spacial score (nSPS) is 15.8. The van der Waals surface area contributed by atoms with Crippen molar-refractivity contribution < 1.29 is 14.3 Å². The van der Waals surface area contributed by atoms with Gasteiger partial charge < -0.3 is 25.6 Å². The van der Waals surface area contributed by atoms with Crippen LogP contribution in [0.2, 0.25) is 0 Å². The number of allylic oxidation sites excluding steroid dienone is 1. The minimum absolute atomic E-state index is 0.277. The Morgan fingerprint density at radius 3 is 2.38 bits per heavy atom. The van der Waals surface area contributed by atoms with Gasteiger partial charge in [0.15, 0.2) is 5.11 Å². The largest absolute Gasteiger partial charge is 0.463 e. The van der Waals surface area contributed by atoms with E-state index in [9.17, 15) is 9.59 Å². The molecule has 3 rings (SSSR count). The molecule has 34 heavy (non-hydrogen) atoms. The summed E-state index contributed by atoms with van der Waals surface area (Å²) in [7, 11) is 0. The Morgan fingerprint density at radius 2 is 1.76 bits per heavy atom. The fourth-order valence-corrected chi connectivity index (χ4v) is 4.31. The number of nitrogens with zero attached hydrogens (tertiary/aromatic N) is 1.